The van der Waals surface area contributed by atoms with E-state index in [1.165, 1.54) is 4.90 Å². The van der Waals surface area contributed by atoms with E-state index in [2.05, 4.69) is 10.1 Å². The number of hydrogen-bond acceptors (Lipinski definition) is 6. The molecule has 5 nitrogen and oxygen atoms in total. The molecule has 0 spiro atoms. The number of amidine groups is 1. The van der Waals surface area contributed by atoms with Gasteiger partial charge < -0.3 is 14.8 Å². The number of rotatable bonds is 4. The Hall–Kier alpha value is -1.86. The van der Waals surface area contributed by atoms with Crippen molar-refractivity contribution in [3.63, 3.8) is 0 Å². The maximum Gasteiger partial charge on any atom is 0.230 e. The number of aromatic nitrogens is 1. The van der Waals surface area contributed by atoms with Crippen LogP contribution >= 0.6 is 23.5 Å². The zero-order valence-electron chi connectivity index (χ0n) is 13.6. The second kappa shape index (κ2) is 7.81. The van der Waals surface area contributed by atoms with Gasteiger partial charge in [-0.3, -0.25) is 0 Å². The van der Waals surface area contributed by atoms with Gasteiger partial charge in [0.25, 0.3) is 0 Å². The second-order valence-corrected chi connectivity index (χ2v) is 7.26. The zero-order chi connectivity index (χ0) is 16.9. The summed E-state index contributed by atoms with van der Waals surface area (Å²) in [5, 5.41) is 13.0. The molecule has 7 heteroatoms. The van der Waals surface area contributed by atoms with Gasteiger partial charge in [0.1, 0.15) is 5.75 Å². The summed E-state index contributed by atoms with van der Waals surface area (Å²) in [5.74, 6) is 3.49. The Bertz CT molecular complexity index is 729. The first-order valence-corrected chi connectivity index (χ1v) is 9.94. The molecule has 2 heterocycles. The van der Waals surface area contributed by atoms with E-state index >= 15 is 0 Å². The molecular weight excluding hydrogens is 342 g/mol. The van der Waals surface area contributed by atoms with Gasteiger partial charge in [0.15, 0.2) is 5.84 Å². The SMILES string of the molecule is CSc1ccc(Oc2nc(C)ccc2/C(=N/O)N2CCSC2)cc1. The third-order valence-electron chi connectivity index (χ3n) is 3.66. The fraction of sp³-hybridized carbons (Fsp3) is 0.294. The highest BCUT2D eigenvalue weighted by Gasteiger charge is 2.23. The molecule has 1 aromatic carbocycles. The molecule has 1 fully saturated rings. The average Bonchev–Trinajstić information content (AvgIpc) is 3.12. The molecule has 1 saturated heterocycles. The highest BCUT2D eigenvalue weighted by molar-refractivity contribution is 7.99. The summed E-state index contributed by atoms with van der Waals surface area (Å²) in [6, 6.07) is 11.6. The van der Waals surface area contributed by atoms with E-state index in [-0.39, 0.29) is 0 Å². The molecule has 0 unspecified atom stereocenters. The van der Waals surface area contributed by atoms with Crippen molar-refractivity contribution in [1.29, 1.82) is 0 Å². The molecule has 1 aromatic heterocycles. The number of aryl methyl sites for hydroxylation is 1. The average molecular weight is 361 g/mol. The minimum Gasteiger partial charge on any atom is -0.438 e. The van der Waals surface area contributed by atoms with Crippen LogP contribution in [0.1, 0.15) is 11.3 Å². The third kappa shape index (κ3) is 3.79. The van der Waals surface area contributed by atoms with Gasteiger partial charge in [-0.25, -0.2) is 4.98 Å². The molecule has 0 amide bonds. The van der Waals surface area contributed by atoms with Gasteiger partial charge in [0.2, 0.25) is 5.88 Å². The maximum atomic E-state index is 9.52. The standard InChI is InChI=1S/C17H19N3O2S2/c1-12-3-8-15(16(19-21)20-9-10-24-11-20)17(18-12)22-13-4-6-14(23-2)7-5-13/h3-8,21H,9-11H2,1-2H3/b19-16-. The maximum absolute atomic E-state index is 9.52. The van der Waals surface area contributed by atoms with E-state index < -0.39 is 0 Å². The van der Waals surface area contributed by atoms with Gasteiger partial charge in [-0.15, -0.1) is 23.5 Å². The minimum absolute atomic E-state index is 0.455. The van der Waals surface area contributed by atoms with Crippen LogP contribution < -0.4 is 4.74 Å². The fourth-order valence-corrected chi connectivity index (χ4v) is 3.76. The van der Waals surface area contributed by atoms with Crippen molar-refractivity contribution in [2.45, 2.75) is 11.8 Å². The lowest BCUT2D eigenvalue weighted by Crippen LogP contribution is -2.29. The van der Waals surface area contributed by atoms with E-state index in [1.807, 2.05) is 66.2 Å². The summed E-state index contributed by atoms with van der Waals surface area (Å²) in [6.07, 6.45) is 2.04. The molecule has 0 aliphatic carbocycles. The Balaban J connectivity index is 1.92. The number of nitrogens with zero attached hydrogens (tertiary/aromatic N) is 3. The quantitative estimate of drug-likeness (QED) is 0.291. The van der Waals surface area contributed by atoms with Crippen LogP contribution in [0.25, 0.3) is 0 Å². The molecule has 0 radical (unpaired) electrons. The van der Waals surface area contributed by atoms with Crippen molar-refractivity contribution >= 4 is 29.4 Å². The summed E-state index contributed by atoms with van der Waals surface area (Å²) in [5.41, 5.74) is 1.54. The first-order valence-electron chi connectivity index (χ1n) is 7.56. The molecule has 1 aliphatic rings. The summed E-state index contributed by atoms with van der Waals surface area (Å²) in [6.45, 7) is 2.76. The number of pyridine rings is 1. The molecular formula is C17H19N3O2S2. The number of benzene rings is 1. The number of hydrogen-bond donors (Lipinski definition) is 1. The summed E-state index contributed by atoms with van der Waals surface area (Å²) in [4.78, 5) is 7.70. The smallest absolute Gasteiger partial charge is 0.230 e. The lowest BCUT2D eigenvalue weighted by atomic mass is 10.2. The molecule has 3 rings (SSSR count). The predicted molar refractivity (Wildman–Crippen MR) is 99.6 cm³/mol. The predicted octanol–water partition coefficient (Wildman–Crippen LogP) is 4.05. The van der Waals surface area contributed by atoms with Crippen LogP contribution in [0.4, 0.5) is 0 Å². The fourth-order valence-electron chi connectivity index (χ4n) is 2.40. The number of ether oxygens (including phenoxy) is 1. The van der Waals surface area contributed by atoms with Gasteiger partial charge >= 0.3 is 0 Å². The van der Waals surface area contributed by atoms with Gasteiger partial charge in [-0.1, -0.05) is 5.16 Å². The van der Waals surface area contributed by atoms with Crippen molar-refractivity contribution in [3.05, 3.63) is 47.7 Å². The normalized spacial score (nSPS) is 14.9. The topological polar surface area (TPSA) is 58.0 Å². The largest absolute Gasteiger partial charge is 0.438 e. The van der Waals surface area contributed by atoms with Crippen LogP contribution in [0.15, 0.2) is 46.4 Å². The van der Waals surface area contributed by atoms with Crippen LogP contribution in [0, 0.1) is 6.92 Å². The molecule has 1 N–H and O–H groups in total. The van der Waals surface area contributed by atoms with Gasteiger partial charge in [0, 0.05) is 22.9 Å². The highest BCUT2D eigenvalue weighted by atomic mass is 32.2. The lowest BCUT2D eigenvalue weighted by molar-refractivity contribution is 0.307. The van der Waals surface area contributed by atoms with Crippen LogP contribution in [0.5, 0.6) is 11.6 Å². The van der Waals surface area contributed by atoms with Crippen molar-refractivity contribution in [2.75, 3.05) is 24.4 Å². The van der Waals surface area contributed by atoms with Crippen LogP contribution in [0.2, 0.25) is 0 Å². The lowest BCUT2D eigenvalue weighted by Gasteiger charge is -2.19. The van der Waals surface area contributed by atoms with Gasteiger partial charge in [0.05, 0.1) is 11.4 Å². The minimum atomic E-state index is 0.455. The Kier molecular flexibility index (Phi) is 5.52. The van der Waals surface area contributed by atoms with Crippen molar-refractivity contribution in [1.82, 2.24) is 9.88 Å². The highest BCUT2D eigenvalue weighted by Crippen LogP contribution is 2.28. The monoisotopic (exact) mass is 361 g/mol. The Morgan fingerprint density at radius 3 is 2.71 bits per heavy atom. The number of thioether (sulfide) groups is 2. The third-order valence-corrected chi connectivity index (χ3v) is 5.37. The molecule has 1 aliphatic heterocycles. The van der Waals surface area contributed by atoms with E-state index in [0.29, 0.717) is 23.0 Å². The van der Waals surface area contributed by atoms with E-state index in [1.54, 1.807) is 11.8 Å². The van der Waals surface area contributed by atoms with Crippen molar-refractivity contribution < 1.29 is 9.94 Å². The van der Waals surface area contributed by atoms with Crippen molar-refractivity contribution in [3.8, 4) is 11.6 Å². The van der Waals surface area contributed by atoms with E-state index in [4.69, 9.17) is 4.74 Å². The van der Waals surface area contributed by atoms with E-state index in [9.17, 15) is 5.21 Å². The Morgan fingerprint density at radius 2 is 2.08 bits per heavy atom. The molecule has 24 heavy (non-hydrogen) atoms. The Morgan fingerprint density at radius 1 is 1.29 bits per heavy atom. The number of oxime groups is 1. The van der Waals surface area contributed by atoms with Crippen LogP contribution in [-0.2, 0) is 0 Å². The molecule has 126 valence electrons. The van der Waals surface area contributed by atoms with Crippen LogP contribution in [-0.4, -0.2) is 45.4 Å². The second-order valence-electron chi connectivity index (χ2n) is 5.31. The molecule has 0 atom stereocenters. The Labute approximate surface area is 150 Å². The van der Waals surface area contributed by atoms with E-state index in [0.717, 1.165) is 23.9 Å². The zero-order valence-corrected chi connectivity index (χ0v) is 15.2. The molecule has 0 bridgehead atoms. The van der Waals surface area contributed by atoms with Crippen molar-refractivity contribution in [2.24, 2.45) is 5.16 Å². The summed E-state index contributed by atoms with van der Waals surface area (Å²) in [7, 11) is 0. The van der Waals surface area contributed by atoms with Crippen LogP contribution in [0.3, 0.4) is 0 Å². The first-order chi connectivity index (χ1) is 11.7. The first kappa shape index (κ1) is 17.0. The summed E-state index contributed by atoms with van der Waals surface area (Å²) >= 11 is 3.49. The van der Waals surface area contributed by atoms with Gasteiger partial charge in [-0.05, 0) is 49.6 Å². The molecule has 2 aromatic rings. The summed E-state index contributed by atoms with van der Waals surface area (Å²) < 4.78 is 5.99. The molecule has 0 saturated carbocycles. The van der Waals surface area contributed by atoms with Gasteiger partial charge in [-0.2, -0.15) is 0 Å².